The van der Waals surface area contributed by atoms with Gasteiger partial charge in [-0.25, -0.2) is 0 Å². The molecule has 2 N–H and O–H groups in total. The number of aryl methyl sites for hydroxylation is 1. The summed E-state index contributed by atoms with van der Waals surface area (Å²) in [6.45, 7) is 4.02. The van der Waals surface area contributed by atoms with Crippen molar-refractivity contribution in [2.45, 2.75) is 26.4 Å². The maximum Gasteiger partial charge on any atom is 0.265 e. The van der Waals surface area contributed by atoms with Crippen LogP contribution in [0.5, 0.6) is 5.75 Å². The summed E-state index contributed by atoms with van der Waals surface area (Å²) < 4.78 is 5.73. The molecule has 5 nitrogen and oxygen atoms in total. The Kier molecular flexibility index (Phi) is 7.68. The fourth-order valence-electron chi connectivity index (χ4n) is 3.03. The van der Waals surface area contributed by atoms with Crippen LogP contribution < -0.4 is 15.4 Å². The number of hydrogen-bond donors (Lipinski definition) is 2. The second-order valence-corrected chi connectivity index (χ2v) is 7.60. The highest BCUT2D eigenvalue weighted by Gasteiger charge is 2.18. The van der Waals surface area contributed by atoms with E-state index in [1.807, 2.05) is 37.3 Å². The Morgan fingerprint density at radius 3 is 2.45 bits per heavy atom. The van der Waals surface area contributed by atoms with Gasteiger partial charge in [-0.2, -0.15) is 0 Å². The molecular formula is C25H25ClN2O3. The van der Waals surface area contributed by atoms with Gasteiger partial charge in [0.2, 0.25) is 0 Å². The minimum Gasteiger partial charge on any atom is -0.481 e. The number of carbonyl (C=O) groups excluding carboxylic acids is 2. The summed E-state index contributed by atoms with van der Waals surface area (Å²) in [5.41, 5.74) is 2.85. The molecule has 0 fully saturated rings. The Bertz CT molecular complexity index is 1050. The number of hydrogen-bond acceptors (Lipinski definition) is 3. The third-order valence-electron chi connectivity index (χ3n) is 4.78. The van der Waals surface area contributed by atoms with E-state index in [9.17, 15) is 9.59 Å². The predicted octanol–water partition coefficient (Wildman–Crippen LogP) is 5.03. The second-order valence-electron chi connectivity index (χ2n) is 7.20. The van der Waals surface area contributed by atoms with E-state index in [0.29, 0.717) is 28.6 Å². The van der Waals surface area contributed by atoms with Crippen LogP contribution in [-0.2, 0) is 11.2 Å². The smallest absolute Gasteiger partial charge is 0.265 e. The van der Waals surface area contributed by atoms with Gasteiger partial charge in [-0.05, 0) is 61.7 Å². The van der Waals surface area contributed by atoms with Crippen molar-refractivity contribution in [2.24, 2.45) is 0 Å². The first-order chi connectivity index (χ1) is 14.9. The van der Waals surface area contributed by atoms with Crippen molar-refractivity contribution in [2.75, 3.05) is 11.9 Å². The predicted molar refractivity (Wildman–Crippen MR) is 124 cm³/mol. The summed E-state index contributed by atoms with van der Waals surface area (Å²) in [7, 11) is 0. The second kappa shape index (κ2) is 10.6. The van der Waals surface area contributed by atoms with Gasteiger partial charge in [0.1, 0.15) is 5.75 Å². The Hall–Kier alpha value is -3.31. The minimum atomic E-state index is -0.755. The normalized spacial score (nSPS) is 11.5. The first-order valence-electron chi connectivity index (χ1n) is 10.1. The summed E-state index contributed by atoms with van der Waals surface area (Å²) in [6.07, 6.45) is -0.0262. The van der Waals surface area contributed by atoms with Gasteiger partial charge in [-0.3, -0.25) is 9.59 Å². The van der Waals surface area contributed by atoms with Gasteiger partial charge >= 0.3 is 0 Å². The van der Waals surface area contributed by atoms with E-state index in [1.54, 1.807) is 49.4 Å². The molecule has 0 radical (unpaired) electrons. The molecular weight excluding hydrogens is 412 g/mol. The molecule has 0 saturated carbocycles. The fraction of sp³-hybridized carbons (Fsp3) is 0.200. The van der Waals surface area contributed by atoms with Crippen LogP contribution >= 0.6 is 11.6 Å². The molecule has 6 heteroatoms. The van der Waals surface area contributed by atoms with Gasteiger partial charge < -0.3 is 15.4 Å². The van der Waals surface area contributed by atoms with Crippen LogP contribution in [0.15, 0.2) is 72.8 Å². The lowest BCUT2D eigenvalue weighted by molar-refractivity contribution is -0.122. The molecule has 160 valence electrons. The van der Waals surface area contributed by atoms with E-state index in [4.69, 9.17) is 16.3 Å². The SMILES string of the molecule is Cc1cc(OC(C)C(=O)Nc2ccccc2C(=O)NCCc2ccccc2)ccc1Cl. The molecule has 1 atom stereocenters. The molecule has 0 aliphatic heterocycles. The molecule has 3 aromatic carbocycles. The maximum atomic E-state index is 12.7. The number of nitrogens with one attached hydrogen (secondary N) is 2. The van der Waals surface area contributed by atoms with Gasteiger partial charge in [-0.1, -0.05) is 54.1 Å². The monoisotopic (exact) mass is 436 g/mol. The lowest BCUT2D eigenvalue weighted by Gasteiger charge is -2.17. The zero-order chi connectivity index (χ0) is 22.2. The van der Waals surface area contributed by atoms with E-state index < -0.39 is 6.10 Å². The average molecular weight is 437 g/mol. The average Bonchev–Trinajstić information content (AvgIpc) is 2.77. The number of para-hydroxylation sites is 1. The Labute approximate surface area is 187 Å². The molecule has 0 spiro atoms. The molecule has 0 aliphatic rings. The Morgan fingerprint density at radius 2 is 1.71 bits per heavy atom. The van der Waals surface area contributed by atoms with E-state index in [2.05, 4.69) is 10.6 Å². The Balaban J connectivity index is 1.60. The van der Waals surface area contributed by atoms with Crippen LogP contribution in [0.3, 0.4) is 0 Å². The van der Waals surface area contributed by atoms with Crippen LogP contribution in [0.4, 0.5) is 5.69 Å². The summed E-state index contributed by atoms with van der Waals surface area (Å²) in [5, 5.41) is 6.34. The van der Waals surface area contributed by atoms with E-state index >= 15 is 0 Å². The number of amides is 2. The van der Waals surface area contributed by atoms with Gasteiger partial charge in [-0.15, -0.1) is 0 Å². The molecule has 3 aromatic rings. The third-order valence-corrected chi connectivity index (χ3v) is 5.21. The van der Waals surface area contributed by atoms with Crippen LogP contribution in [0, 0.1) is 6.92 Å². The summed E-state index contributed by atoms with van der Waals surface area (Å²) in [4.78, 5) is 25.3. The minimum absolute atomic E-state index is 0.242. The highest BCUT2D eigenvalue weighted by atomic mass is 35.5. The van der Waals surface area contributed by atoms with Crippen molar-refractivity contribution >= 4 is 29.1 Å². The number of carbonyl (C=O) groups is 2. The molecule has 31 heavy (non-hydrogen) atoms. The van der Waals surface area contributed by atoms with E-state index in [-0.39, 0.29) is 11.8 Å². The number of anilines is 1. The number of halogens is 1. The summed E-state index contributed by atoms with van der Waals surface area (Å²) >= 11 is 6.03. The molecule has 0 saturated heterocycles. The molecule has 2 amide bonds. The highest BCUT2D eigenvalue weighted by molar-refractivity contribution is 6.31. The van der Waals surface area contributed by atoms with Crippen LogP contribution in [0.2, 0.25) is 5.02 Å². The van der Waals surface area contributed by atoms with Gasteiger partial charge in [0.15, 0.2) is 6.10 Å². The maximum absolute atomic E-state index is 12.7. The Morgan fingerprint density at radius 1 is 1.00 bits per heavy atom. The van der Waals surface area contributed by atoms with Gasteiger partial charge in [0, 0.05) is 11.6 Å². The van der Waals surface area contributed by atoms with Crippen molar-refractivity contribution in [3.05, 3.63) is 94.5 Å². The van der Waals surface area contributed by atoms with Crippen molar-refractivity contribution in [1.29, 1.82) is 0 Å². The quantitative estimate of drug-likeness (QED) is 0.520. The van der Waals surface area contributed by atoms with Crippen LogP contribution in [0.25, 0.3) is 0 Å². The largest absolute Gasteiger partial charge is 0.481 e. The molecule has 0 aromatic heterocycles. The van der Waals surface area contributed by atoms with E-state index in [1.165, 1.54) is 0 Å². The lowest BCUT2D eigenvalue weighted by atomic mass is 10.1. The van der Waals surface area contributed by atoms with Crippen LogP contribution in [-0.4, -0.2) is 24.5 Å². The first kappa shape index (κ1) is 22.4. The molecule has 1 unspecified atom stereocenters. The topological polar surface area (TPSA) is 67.4 Å². The van der Waals surface area contributed by atoms with Crippen molar-refractivity contribution in [3.63, 3.8) is 0 Å². The van der Waals surface area contributed by atoms with Gasteiger partial charge in [0.25, 0.3) is 11.8 Å². The molecule has 0 heterocycles. The fourth-order valence-corrected chi connectivity index (χ4v) is 3.15. The van der Waals surface area contributed by atoms with Gasteiger partial charge in [0.05, 0.1) is 11.3 Å². The molecule has 0 aliphatic carbocycles. The zero-order valence-electron chi connectivity index (χ0n) is 17.5. The van der Waals surface area contributed by atoms with Crippen LogP contribution in [0.1, 0.15) is 28.4 Å². The number of rotatable bonds is 8. The number of benzene rings is 3. The van der Waals surface area contributed by atoms with Crippen molar-refractivity contribution in [3.8, 4) is 5.75 Å². The van der Waals surface area contributed by atoms with E-state index in [0.717, 1.165) is 17.5 Å². The lowest BCUT2D eigenvalue weighted by Crippen LogP contribution is -2.32. The summed E-state index contributed by atoms with van der Waals surface area (Å²) in [6, 6.07) is 22.1. The standard InChI is InChI=1S/C25H25ClN2O3/c1-17-16-20(12-13-22(17)26)31-18(2)24(29)28-23-11-7-6-10-21(23)25(30)27-15-14-19-8-4-3-5-9-19/h3-13,16,18H,14-15H2,1-2H3,(H,27,30)(H,28,29). The first-order valence-corrected chi connectivity index (χ1v) is 10.5. The highest BCUT2D eigenvalue weighted by Crippen LogP contribution is 2.22. The zero-order valence-corrected chi connectivity index (χ0v) is 18.3. The third kappa shape index (κ3) is 6.33. The van der Waals surface area contributed by atoms with Crippen molar-refractivity contribution < 1.29 is 14.3 Å². The number of ether oxygens (including phenoxy) is 1. The molecule has 0 bridgehead atoms. The summed E-state index contributed by atoms with van der Waals surface area (Å²) in [5.74, 6) is -0.0395. The molecule has 3 rings (SSSR count). The van der Waals surface area contributed by atoms with Crippen molar-refractivity contribution in [1.82, 2.24) is 5.32 Å².